The van der Waals surface area contributed by atoms with Crippen molar-refractivity contribution in [2.45, 2.75) is 6.92 Å². The van der Waals surface area contributed by atoms with Crippen LogP contribution < -0.4 is 11.1 Å². The van der Waals surface area contributed by atoms with Crippen molar-refractivity contribution in [1.82, 2.24) is 0 Å². The van der Waals surface area contributed by atoms with Gasteiger partial charge in [0.05, 0.1) is 5.02 Å². The van der Waals surface area contributed by atoms with Crippen LogP contribution in [0.15, 0.2) is 22.7 Å². The van der Waals surface area contributed by atoms with E-state index in [1.807, 2.05) is 0 Å². The lowest BCUT2D eigenvalue weighted by Crippen LogP contribution is -2.26. The molecular weight excluding hydrogens is 279 g/mol. The first-order valence-corrected chi connectivity index (χ1v) is 5.67. The van der Waals surface area contributed by atoms with Crippen molar-refractivity contribution in [3.63, 3.8) is 0 Å². The van der Waals surface area contributed by atoms with Gasteiger partial charge in [0.1, 0.15) is 0 Å². The van der Waals surface area contributed by atoms with Gasteiger partial charge in [0, 0.05) is 22.6 Å². The number of nitrogens with two attached hydrogens (primary N) is 1. The van der Waals surface area contributed by atoms with Gasteiger partial charge in [0.15, 0.2) is 0 Å². The summed E-state index contributed by atoms with van der Waals surface area (Å²) in [4.78, 5) is 11.5. The zero-order valence-corrected chi connectivity index (χ0v) is 10.6. The number of amides is 1. The van der Waals surface area contributed by atoms with E-state index in [1.165, 1.54) is 0 Å². The molecule has 0 bridgehead atoms. The van der Waals surface area contributed by atoms with Gasteiger partial charge in [-0.25, -0.2) is 0 Å². The van der Waals surface area contributed by atoms with Crippen LogP contribution in [0.25, 0.3) is 0 Å². The first kappa shape index (κ1) is 12.5. The topological polar surface area (TPSA) is 55.1 Å². The SMILES string of the molecule is CC(CN)C(=O)Nc1ccc(Cl)c(Br)c1. The van der Waals surface area contributed by atoms with Gasteiger partial charge in [-0.2, -0.15) is 0 Å². The number of nitrogens with one attached hydrogen (secondary N) is 1. The number of halogens is 2. The van der Waals surface area contributed by atoms with Crippen molar-refractivity contribution >= 4 is 39.1 Å². The number of rotatable bonds is 3. The average molecular weight is 292 g/mol. The summed E-state index contributed by atoms with van der Waals surface area (Å²) >= 11 is 9.11. The quantitative estimate of drug-likeness (QED) is 0.899. The molecule has 0 fully saturated rings. The van der Waals surface area contributed by atoms with Gasteiger partial charge in [0.2, 0.25) is 5.91 Å². The molecule has 0 saturated heterocycles. The molecule has 0 saturated carbocycles. The molecule has 1 rings (SSSR count). The molecule has 82 valence electrons. The zero-order chi connectivity index (χ0) is 11.4. The summed E-state index contributed by atoms with van der Waals surface area (Å²) in [5.41, 5.74) is 6.09. The summed E-state index contributed by atoms with van der Waals surface area (Å²) in [7, 11) is 0. The van der Waals surface area contributed by atoms with E-state index in [1.54, 1.807) is 25.1 Å². The van der Waals surface area contributed by atoms with E-state index in [0.717, 1.165) is 4.47 Å². The number of benzene rings is 1. The van der Waals surface area contributed by atoms with Crippen LogP contribution in [-0.4, -0.2) is 12.5 Å². The molecule has 0 heterocycles. The first-order valence-electron chi connectivity index (χ1n) is 4.50. The standard InChI is InChI=1S/C10H12BrClN2O/c1-6(5-13)10(15)14-7-2-3-9(12)8(11)4-7/h2-4,6H,5,13H2,1H3,(H,14,15). The fraction of sp³-hybridized carbons (Fsp3) is 0.300. The van der Waals surface area contributed by atoms with Gasteiger partial charge < -0.3 is 11.1 Å². The monoisotopic (exact) mass is 290 g/mol. The number of hydrogen-bond acceptors (Lipinski definition) is 2. The molecule has 0 aromatic heterocycles. The second kappa shape index (κ2) is 5.49. The Morgan fingerprint density at radius 1 is 1.67 bits per heavy atom. The summed E-state index contributed by atoms with van der Waals surface area (Å²) in [5.74, 6) is -0.286. The van der Waals surface area contributed by atoms with E-state index in [-0.39, 0.29) is 11.8 Å². The smallest absolute Gasteiger partial charge is 0.228 e. The molecule has 0 spiro atoms. The van der Waals surface area contributed by atoms with Crippen molar-refractivity contribution in [2.75, 3.05) is 11.9 Å². The van der Waals surface area contributed by atoms with Gasteiger partial charge >= 0.3 is 0 Å². The minimum atomic E-state index is -0.195. The second-order valence-electron chi connectivity index (χ2n) is 3.25. The molecule has 3 N–H and O–H groups in total. The lowest BCUT2D eigenvalue weighted by atomic mass is 10.1. The molecule has 1 unspecified atom stereocenters. The highest BCUT2D eigenvalue weighted by Gasteiger charge is 2.11. The van der Waals surface area contributed by atoms with E-state index in [4.69, 9.17) is 17.3 Å². The average Bonchev–Trinajstić information content (AvgIpc) is 2.22. The molecule has 0 aliphatic rings. The number of hydrogen-bond donors (Lipinski definition) is 2. The van der Waals surface area contributed by atoms with Crippen LogP contribution in [-0.2, 0) is 4.79 Å². The fourth-order valence-corrected chi connectivity index (χ4v) is 1.44. The Labute approximate surface area is 102 Å². The lowest BCUT2D eigenvalue weighted by Gasteiger charge is -2.10. The van der Waals surface area contributed by atoms with Crippen LogP contribution in [0.2, 0.25) is 5.02 Å². The molecule has 15 heavy (non-hydrogen) atoms. The van der Waals surface area contributed by atoms with E-state index >= 15 is 0 Å². The number of carbonyl (C=O) groups is 1. The van der Waals surface area contributed by atoms with Gasteiger partial charge in [0.25, 0.3) is 0 Å². The highest BCUT2D eigenvalue weighted by atomic mass is 79.9. The molecule has 1 aromatic rings. The van der Waals surface area contributed by atoms with Crippen molar-refractivity contribution in [1.29, 1.82) is 0 Å². The van der Waals surface area contributed by atoms with E-state index < -0.39 is 0 Å². The maximum atomic E-state index is 11.5. The third kappa shape index (κ3) is 3.48. The van der Waals surface area contributed by atoms with Crippen molar-refractivity contribution in [3.05, 3.63) is 27.7 Å². The summed E-state index contributed by atoms with van der Waals surface area (Å²) < 4.78 is 0.752. The van der Waals surface area contributed by atoms with Crippen molar-refractivity contribution < 1.29 is 4.79 Å². The number of anilines is 1. The molecular formula is C10H12BrClN2O. The first-order chi connectivity index (χ1) is 7.04. The normalized spacial score (nSPS) is 12.3. The predicted octanol–water partition coefficient (Wildman–Crippen LogP) is 2.64. The maximum Gasteiger partial charge on any atom is 0.228 e. The van der Waals surface area contributed by atoms with Gasteiger partial charge in [-0.15, -0.1) is 0 Å². The summed E-state index contributed by atoms with van der Waals surface area (Å²) in [6, 6.07) is 5.21. The predicted molar refractivity (Wildman–Crippen MR) is 66.0 cm³/mol. The highest BCUT2D eigenvalue weighted by Crippen LogP contribution is 2.25. The summed E-state index contributed by atoms with van der Waals surface area (Å²) in [6.45, 7) is 2.11. The third-order valence-corrected chi connectivity index (χ3v) is 3.20. The van der Waals surface area contributed by atoms with Gasteiger partial charge in [-0.3, -0.25) is 4.79 Å². The Morgan fingerprint density at radius 2 is 2.33 bits per heavy atom. The van der Waals surface area contributed by atoms with Crippen LogP contribution in [0.3, 0.4) is 0 Å². The Morgan fingerprint density at radius 3 is 2.87 bits per heavy atom. The molecule has 3 nitrogen and oxygen atoms in total. The fourth-order valence-electron chi connectivity index (χ4n) is 0.946. The lowest BCUT2D eigenvalue weighted by molar-refractivity contribution is -0.119. The van der Waals surface area contributed by atoms with E-state index in [9.17, 15) is 4.79 Å². The van der Waals surface area contributed by atoms with Crippen LogP contribution in [0.5, 0.6) is 0 Å². The number of carbonyl (C=O) groups excluding carboxylic acids is 1. The van der Waals surface area contributed by atoms with Crippen LogP contribution >= 0.6 is 27.5 Å². The second-order valence-corrected chi connectivity index (χ2v) is 4.52. The van der Waals surface area contributed by atoms with Crippen LogP contribution in [0, 0.1) is 5.92 Å². The van der Waals surface area contributed by atoms with E-state index in [0.29, 0.717) is 17.3 Å². The third-order valence-electron chi connectivity index (χ3n) is 1.99. The van der Waals surface area contributed by atoms with Crippen molar-refractivity contribution in [3.8, 4) is 0 Å². The van der Waals surface area contributed by atoms with Gasteiger partial charge in [-0.05, 0) is 34.1 Å². The Kier molecular flexibility index (Phi) is 4.57. The maximum absolute atomic E-state index is 11.5. The minimum absolute atomic E-state index is 0.0910. The molecule has 1 aromatic carbocycles. The Balaban J connectivity index is 2.73. The zero-order valence-electron chi connectivity index (χ0n) is 8.26. The van der Waals surface area contributed by atoms with Crippen LogP contribution in [0.1, 0.15) is 6.92 Å². The molecule has 5 heteroatoms. The Bertz CT molecular complexity index is 370. The molecule has 0 radical (unpaired) electrons. The largest absolute Gasteiger partial charge is 0.330 e. The highest BCUT2D eigenvalue weighted by molar-refractivity contribution is 9.10. The molecule has 0 aliphatic heterocycles. The molecule has 0 aliphatic carbocycles. The molecule has 1 amide bonds. The summed E-state index contributed by atoms with van der Waals surface area (Å²) in [5, 5.41) is 3.36. The summed E-state index contributed by atoms with van der Waals surface area (Å²) in [6.07, 6.45) is 0. The molecule has 1 atom stereocenters. The Hall–Kier alpha value is -0.580. The van der Waals surface area contributed by atoms with Gasteiger partial charge in [-0.1, -0.05) is 18.5 Å². The van der Waals surface area contributed by atoms with Crippen LogP contribution in [0.4, 0.5) is 5.69 Å². The minimum Gasteiger partial charge on any atom is -0.330 e. The van der Waals surface area contributed by atoms with E-state index in [2.05, 4.69) is 21.2 Å². The van der Waals surface area contributed by atoms with Crippen molar-refractivity contribution in [2.24, 2.45) is 11.7 Å².